The molecule has 0 atom stereocenters. The van der Waals surface area contributed by atoms with Gasteiger partial charge in [0.05, 0.1) is 5.02 Å². The summed E-state index contributed by atoms with van der Waals surface area (Å²) in [4.78, 5) is 14.3. The van der Waals surface area contributed by atoms with Crippen molar-refractivity contribution in [2.45, 2.75) is 20.4 Å². The van der Waals surface area contributed by atoms with Gasteiger partial charge >= 0.3 is 0 Å². The van der Waals surface area contributed by atoms with Crippen LogP contribution in [0.25, 0.3) is 0 Å². The van der Waals surface area contributed by atoms with Crippen LogP contribution >= 0.6 is 11.6 Å². The zero-order valence-electron chi connectivity index (χ0n) is 13.4. The normalized spacial score (nSPS) is 12.3. The number of nitrogens with zero attached hydrogens (tertiary/aromatic N) is 1. The molecule has 1 aliphatic heterocycles. The van der Waals surface area contributed by atoms with Crippen molar-refractivity contribution in [3.8, 4) is 11.5 Å². The Balaban J connectivity index is 1.81. The number of hydrogen-bond acceptors (Lipinski definition) is 3. The Bertz CT molecular complexity index is 773. The van der Waals surface area contributed by atoms with E-state index >= 15 is 0 Å². The van der Waals surface area contributed by atoms with E-state index in [-0.39, 0.29) is 12.7 Å². The van der Waals surface area contributed by atoms with Gasteiger partial charge in [-0.3, -0.25) is 4.79 Å². The molecule has 120 valence electrons. The molecule has 5 heteroatoms. The van der Waals surface area contributed by atoms with Crippen molar-refractivity contribution in [1.29, 1.82) is 0 Å². The van der Waals surface area contributed by atoms with Crippen molar-refractivity contribution >= 4 is 17.5 Å². The summed E-state index contributed by atoms with van der Waals surface area (Å²) in [6, 6.07) is 9.52. The highest BCUT2D eigenvalue weighted by molar-refractivity contribution is 6.32. The van der Waals surface area contributed by atoms with E-state index < -0.39 is 0 Å². The molecule has 1 amide bonds. The van der Waals surface area contributed by atoms with Gasteiger partial charge in [-0.2, -0.15) is 0 Å². The molecular formula is C18H18ClNO3. The Labute approximate surface area is 140 Å². The van der Waals surface area contributed by atoms with Gasteiger partial charge in [-0.05, 0) is 37.1 Å². The molecule has 4 nitrogen and oxygen atoms in total. The Morgan fingerprint density at radius 3 is 2.74 bits per heavy atom. The molecule has 0 saturated heterocycles. The first kappa shape index (κ1) is 15.7. The average Bonchev–Trinajstić information content (AvgIpc) is 2.98. The van der Waals surface area contributed by atoms with Crippen molar-refractivity contribution in [2.75, 3.05) is 13.8 Å². The quantitative estimate of drug-likeness (QED) is 0.854. The first-order valence-corrected chi connectivity index (χ1v) is 7.74. The molecular weight excluding hydrogens is 314 g/mol. The standard InChI is InChI=1S/C18H18ClNO3/c1-11-4-5-13(12(2)6-11)9-20(3)18(21)14-7-15(19)17-16(8-14)22-10-23-17/h4-8H,9-10H2,1-3H3. The van der Waals surface area contributed by atoms with Crippen LogP contribution in [-0.4, -0.2) is 24.6 Å². The van der Waals surface area contributed by atoms with Crippen molar-refractivity contribution in [2.24, 2.45) is 0 Å². The number of ether oxygens (including phenoxy) is 2. The highest BCUT2D eigenvalue weighted by Gasteiger charge is 2.22. The summed E-state index contributed by atoms with van der Waals surface area (Å²) in [7, 11) is 1.78. The van der Waals surface area contributed by atoms with Crippen molar-refractivity contribution in [3.63, 3.8) is 0 Å². The van der Waals surface area contributed by atoms with E-state index in [1.807, 2.05) is 0 Å². The predicted molar refractivity (Wildman–Crippen MR) is 89.3 cm³/mol. The Morgan fingerprint density at radius 1 is 1.22 bits per heavy atom. The molecule has 0 fully saturated rings. The molecule has 2 aromatic carbocycles. The minimum absolute atomic E-state index is 0.106. The van der Waals surface area contributed by atoms with Gasteiger partial charge in [-0.25, -0.2) is 0 Å². The van der Waals surface area contributed by atoms with Crippen LogP contribution in [0.2, 0.25) is 5.02 Å². The maximum atomic E-state index is 12.7. The summed E-state index contributed by atoms with van der Waals surface area (Å²) < 4.78 is 10.6. The number of carbonyl (C=O) groups is 1. The van der Waals surface area contributed by atoms with Crippen LogP contribution in [0.4, 0.5) is 0 Å². The molecule has 0 saturated carbocycles. The van der Waals surface area contributed by atoms with Gasteiger partial charge in [0.1, 0.15) is 0 Å². The molecule has 0 aliphatic carbocycles. The number of fused-ring (bicyclic) bond motifs is 1. The topological polar surface area (TPSA) is 38.8 Å². The first-order valence-electron chi connectivity index (χ1n) is 7.36. The van der Waals surface area contributed by atoms with Crippen LogP contribution in [0, 0.1) is 13.8 Å². The zero-order chi connectivity index (χ0) is 16.6. The minimum atomic E-state index is -0.106. The maximum absolute atomic E-state index is 12.7. The summed E-state index contributed by atoms with van der Waals surface area (Å²) in [6.07, 6.45) is 0. The SMILES string of the molecule is Cc1ccc(CN(C)C(=O)c2cc(Cl)c3c(c2)OCO3)c(C)c1. The van der Waals surface area contributed by atoms with Crippen molar-refractivity contribution in [3.05, 3.63) is 57.6 Å². The predicted octanol–water partition coefficient (Wildman–Crippen LogP) is 3.96. The third-order valence-electron chi connectivity index (χ3n) is 3.93. The summed E-state index contributed by atoms with van der Waals surface area (Å²) in [5, 5.41) is 0.392. The molecule has 0 N–H and O–H groups in total. The van der Waals surface area contributed by atoms with Gasteiger partial charge in [0.15, 0.2) is 11.5 Å². The average molecular weight is 332 g/mol. The lowest BCUT2D eigenvalue weighted by Crippen LogP contribution is -2.26. The number of hydrogen-bond donors (Lipinski definition) is 0. The molecule has 0 spiro atoms. The van der Waals surface area contributed by atoms with E-state index in [1.54, 1.807) is 24.1 Å². The molecule has 1 heterocycles. The van der Waals surface area contributed by atoms with Gasteiger partial charge in [-0.1, -0.05) is 35.4 Å². The van der Waals surface area contributed by atoms with Crippen LogP contribution in [0.5, 0.6) is 11.5 Å². The molecule has 1 aliphatic rings. The summed E-state index contributed by atoms with van der Waals surface area (Å²) >= 11 is 6.15. The highest BCUT2D eigenvalue weighted by atomic mass is 35.5. The van der Waals surface area contributed by atoms with Gasteiger partial charge in [0.25, 0.3) is 5.91 Å². The molecule has 23 heavy (non-hydrogen) atoms. The van der Waals surface area contributed by atoms with E-state index in [1.165, 1.54) is 11.1 Å². The van der Waals surface area contributed by atoms with Crippen LogP contribution in [0.3, 0.4) is 0 Å². The Kier molecular flexibility index (Phi) is 4.18. The largest absolute Gasteiger partial charge is 0.454 e. The molecule has 0 aromatic heterocycles. The van der Waals surface area contributed by atoms with E-state index in [0.717, 1.165) is 5.56 Å². The van der Waals surface area contributed by atoms with Crippen LogP contribution in [0.1, 0.15) is 27.0 Å². The first-order chi connectivity index (χ1) is 11.0. The molecule has 2 aromatic rings. The van der Waals surface area contributed by atoms with Gasteiger partial charge in [-0.15, -0.1) is 0 Å². The maximum Gasteiger partial charge on any atom is 0.254 e. The third-order valence-corrected chi connectivity index (χ3v) is 4.21. The second kappa shape index (κ2) is 6.13. The number of carbonyl (C=O) groups excluding carboxylic acids is 1. The second-order valence-electron chi connectivity index (χ2n) is 5.78. The van der Waals surface area contributed by atoms with Gasteiger partial charge < -0.3 is 14.4 Å². The van der Waals surface area contributed by atoms with E-state index in [9.17, 15) is 4.79 Å². The number of halogens is 1. The molecule has 0 bridgehead atoms. The minimum Gasteiger partial charge on any atom is -0.454 e. The molecule has 0 radical (unpaired) electrons. The number of rotatable bonds is 3. The second-order valence-corrected chi connectivity index (χ2v) is 6.19. The zero-order valence-corrected chi connectivity index (χ0v) is 14.1. The highest BCUT2D eigenvalue weighted by Crippen LogP contribution is 2.40. The Morgan fingerprint density at radius 2 is 2.00 bits per heavy atom. The number of benzene rings is 2. The molecule has 3 rings (SSSR count). The van der Waals surface area contributed by atoms with Crippen molar-refractivity contribution in [1.82, 2.24) is 4.90 Å². The van der Waals surface area contributed by atoms with E-state index in [2.05, 4.69) is 32.0 Å². The lowest BCUT2D eigenvalue weighted by atomic mass is 10.1. The van der Waals surface area contributed by atoms with Crippen LogP contribution in [-0.2, 0) is 6.54 Å². The number of amides is 1. The van der Waals surface area contributed by atoms with Crippen LogP contribution in [0.15, 0.2) is 30.3 Å². The van der Waals surface area contributed by atoms with Gasteiger partial charge in [0.2, 0.25) is 6.79 Å². The fourth-order valence-corrected chi connectivity index (χ4v) is 2.93. The monoisotopic (exact) mass is 331 g/mol. The smallest absolute Gasteiger partial charge is 0.254 e. The molecule has 0 unspecified atom stereocenters. The third kappa shape index (κ3) is 3.13. The summed E-state index contributed by atoms with van der Waals surface area (Å²) in [5.41, 5.74) is 4.00. The Hall–Kier alpha value is -2.20. The van der Waals surface area contributed by atoms with Crippen molar-refractivity contribution < 1.29 is 14.3 Å². The fourth-order valence-electron chi connectivity index (χ4n) is 2.66. The summed E-state index contributed by atoms with van der Waals surface area (Å²) in [5.74, 6) is 0.909. The number of aryl methyl sites for hydroxylation is 2. The fraction of sp³-hybridized carbons (Fsp3) is 0.278. The van der Waals surface area contributed by atoms with Crippen LogP contribution < -0.4 is 9.47 Å². The lowest BCUT2D eigenvalue weighted by Gasteiger charge is -2.19. The summed E-state index contributed by atoms with van der Waals surface area (Å²) in [6.45, 7) is 4.78. The lowest BCUT2D eigenvalue weighted by molar-refractivity contribution is 0.0784. The van der Waals surface area contributed by atoms with E-state index in [4.69, 9.17) is 21.1 Å². The van der Waals surface area contributed by atoms with Gasteiger partial charge in [0, 0.05) is 19.2 Å². The van der Waals surface area contributed by atoms with E-state index in [0.29, 0.717) is 28.6 Å².